The molecule has 1 fully saturated rings. The van der Waals surface area contributed by atoms with E-state index in [4.69, 9.17) is 11.2 Å². The highest BCUT2D eigenvalue weighted by Crippen LogP contribution is 2.24. The SMILES string of the molecule is C#CCN1CCC(C(=O)Nc2ccc(OC)c(CO)c2)CC1. The molecule has 1 amide bonds. The van der Waals surface area contributed by atoms with Crippen molar-refractivity contribution in [1.82, 2.24) is 4.90 Å². The van der Waals surface area contributed by atoms with Crippen molar-refractivity contribution in [2.24, 2.45) is 5.92 Å². The third-order valence-electron chi connectivity index (χ3n) is 3.99. The van der Waals surface area contributed by atoms with E-state index in [-0.39, 0.29) is 18.4 Å². The molecule has 1 aromatic carbocycles. The van der Waals surface area contributed by atoms with Crippen molar-refractivity contribution in [2.75, 3.05) is 32.1 Å². The van der Waals surface area contributed by atoms with E-state index in [1.165, 1.54) is 0 Å². The Labute approximate surface area is 131 Å². The molecule has 1 aromatic rings. The quantitative estimate of drug-likeness (QED) is 0.809. The number of aliphatic hydroxyl groups is 1. The van der Waals surface area contributed by atoms with E-state index < -0.39 is 0 Å². The lowest BCUT2D eigenvalue weighted by atomic mass is 9.96. The molecule has 2 N–H and O–H groups in total. The molecule has 22 heavy (non-hydrogen) atoms. The largest absolute Gasteiger partial charge is 0.496 e. The van der Waals surface area contributed by atoms with Gasteiger partial charge in [0, 0.05) is 17.2 Å². The van der Waals surface area contributed by atoms with Gasteiger partial charge >= 0.3 is 0 Å². The molecule has 5 heteroatoms. The van der Waals surface area contributed by atoms with Crippen LogP contribution in [0.1, 0.15) is 18.4 Å². The van der Waals surface area contributed by atoms with Crippen LogP contribution in [0.3, 0.4) is 0 Å². The van der Waals surface area contributed by atoms with Gasteiger partial charge in [-0.2, -0.15) is 0 Å². The highest BCUT2D eigenvalue weighted by Gasteiger charge is 2.24. The van der Waals surface area contributed by atoms with E-state index in [0.717, 1.165) is 25.9 Å². The topological polar surface area (TPSA) is 61.8 Å². The number of nitrogens with one attached hydrogen (secondary N) is 1. The van der Waals surface area contributed by atoms with Crippen LogP contribution in [0.2, 0.25) is 0 Å². The van der Waals surface area contributed by atoms with Crippen molar-refractivity contribution in [3.63, 3.8) is 0 Å². The lowest BCUT2D eigenvalue weighted by Gasteiger charge is -2.29. The van der Waals surface area contributed by atoms with Gasteiger partial charge in [0.1, 0.15) is 5.75 Å². The Bertz CT molecular complexity index is 558. The number of piperidine rings is 1. The molecule has 0 radical (unpaired) electrons. The van der Waals surface area contributed by atoms with Gasteiger partial charge in [0.2, 0.25) is 5.91 Å². The lowest BCUT2D eigenvalue weighted by molar-refractivity contribution is -0.121. The van der Waals surface area contributed by atoms with Crippen molar-refractivity contribution in [3.8, 4) is 18.1 Å². The summed E-state index contributed by atoms with van der Waals surface area (Å²) in [5, 5.41) is 12.2. The van der Waals surface area contributed by atoms with E-state index in [1.807, 2.05) is 0 Å². The number of amides is 1. The summed E-state index contributed by atoms with van der Waals surface area (Å²) >= 11 is 0. The predicted molar refractivity (Wildman–Crippen MR) is 85.5 cm³/mol. The van der Waals surface area contributed by atoms with Crippen LogP contribution in [0.25, 0.3) is 0 Å². The summed E-state index contributed by atoms with van der Waals surface area (Å²) in [7, 11) is 1.55. The number of benzene rings is 1. The van der Waals surface area contributed by atoms with Crippen LogP contribution in [-0.4, -0.2) is 42.7 Å². The zero-order valence-corrected chi connectivity index (χ0v) is 12.8. The molecule has 0 atom stereocenters. The average molecular weight is 302 g/mol. The Balaban J connectivity index is 1.94. The zero-order chi connectivity index (χ0) is 15.9. The summed E-state index contributed by atoms with van der Waals surface area (Å²) in [5.41, 5.74) is 1.34. The first-order chi connectivity index (χ1) is 10.7. The molecule has 5 nitrogen and oxygen atoms in total. The third kappa shape index (κ3) is 4.00. The molecule has 0 bridgehead atoms. The average Bonchev–Trinajstić information content (AvgIpc) is 2.55. The summed E-state index contributed by atoms with van der Waals surface area (Å²) in [6.07, 6.45) is 6.94. The second kappa shape index (κ2) is 7.83. The molecule has 0 unspecified atom stereocenters. The highest BCUT2D eigenvalue weighted by molar-refractivity contribution is 5.92. The van der Waals surface area contributed by atoms with Crippen LogP contribution in [0.15, 0.2) is 18.2 Å². The molecule has 1 aliphatic rings. The number of hydrogen-bond donors (Lipinski definition) is 2. The second-order valence-corrected chi connectivity index (χ2v) is 5.43. The van der Waals surface area contributed by atoms with E-state index >= 15 is 0 Å². The molecule has 1 aliphatic heterocycles. The van der Waals surface area contributed by atoms with E-state index in [2.05, 4.69) is 16.1 Å². The van der Waals surface area contributed by atoms with Crippen LogP contribution in [-0.2, 0) is 11.4 Å². The minimum absolute atomic E-state index is 0.00806. The fourth-order valence-corrected chi connectivity index (χ4v) is 2.71. The number of carbonyl (C=O) groups excluding carboxylic acids is 1. The molecule has 1 saturated heterocycles. The fourth-order valence-electron chi connectivity index (χ4n) is 2.71. The Morgan fingerprint density at radius 1 is 1.50 bits per heavy atom. The number of carbonyl (C=O) groups is 1. The van der Waals surface area contributed by atoms with Crippen LogP contribution >= 0.6 is 0 Å². The summed E-state index contributed by atoms with van der Waals surface area (Å²) < 4.78 is 5.15. The molecule has 0 saturated carbocycles. The monoisotopic (exact) mass is 302 g/mol. The molecular formula is C17H22N2O3. The first kappa shape index (κ1) is 16.3. The normalized spacial score (nSPS) is 16.0. The number of methoxy groups -OCH3 is 1. The van der Waals surface area contributed by atoms with Crippen molar-refractivity contribution >= 4 is 11.6 Å². The smallest absolute Gasteiger partial charge is 0.227 e. The number of rotatable bonds is 5. The van der Waals surface area contributed by atoms with Crippen LogP contribution in [0.4, 0.5) is 5.69 Å². The third-order valence-corrected chi connectivity index (χ3v) is 3.99. The molecule has 0 spiro atoms. The standard InChI is InChI=1S/C17H22N2O3/c1-3-8-19-9-6-13(7-10-19)17(21)18-15-4-5-16(22-2)14(11-15)12-20/h1,4-5,11,13,20H,6-10,12H2,2H3,(H,18,21). The number of nitrogens with zero attached hydrogens (tertiary/aromatic N) is 1. The molecule has 0 aliphatic carbocycles. The maximum atomic E-state index is 12.3. The van der Waals surface area contributed by atoms with Gasteiger partial charge in [0.25, 0.3) is 0 Å². The van der Waals surface area contributed by atoms with Gasteiger partial charge in [0.05, 0.1) is 20.3 Å². The Kier molecular flexibility index (Phi) is 5.82. The van der Waals surface area contributed by atoms with Gasteiger partial charge in [-0.3, -0.25) is 9.69 Å². The molecular weight excluding hydrogens is 280 g/mol. The number of aliphatic hydroxyl groups excluding tert-OH is 1. The summed E-state index contributed by atoms with van der Waals surface area (Å²) in [6.45, 7) is 2.23. The first-order valence-corrected chi connectivity index (χ1v) is 7.42. The van der Waals surface area contributed by atoms with E-state index in [1.54, 1.807) is 25.3 Å². The van der Waals surface area contributed by atoms with Crippen LogP contribution in [0, 0.1) is 18.3 Å². The fraction of sp³-hybridized carbons (Fsp3) is 0.471. The molecule has 0 aromatic heterocycles. The van der Waals surface area contributed by atoms with Crippen molar-refractivity contribution in [3.05, 3.63) is 23.8 Å². The van der Waals surface area contributed by atoms with Crippen molar-refractivity contribution in [2.45, 2.75) is 19.4 Å². The minimum atomic E-state index is -0.128. The Hall–Kier alpha value is -2.03. The molecule has 118 valence electrons. The zero-order valence-electron chi connectivity index (χ0n) is 12.8. The predicted octanol–water partition coefficient (Wildman–Crippen LogP) is 1.47. The number of hydrogen-bond acceptors (Lipinski definition) is 4. The van der Waals surface area contributed by atoms with Crippen LogP contribution < -0.4 is 10.1 Å². The van der Waals surface area contributed by atoms with Gasteiger partial charge in [0.15, 0.2) is 0 Å². The summed E-state index contributed by atoms with van der Waals surface area (Å²) in [5.74, 6) is 3.28. The Morgan fingerprint density at radius 3 is 2.82 bits per heavy atom. The van der Waals surface area contributed by atoms with Crippen molar-refractivity contribution in [1.29, 1.82) is 0 Å². The number of likely N-dealkylation sites (tertiary alicyclic amines) is 1. The van der Waals surface area contributed by atoms with Gasteiger partial charge in [-0.25, -0.2) is 0 Å². The van der Waals surface area contributed by atoms with Crippen molar-refractivity contribution < 1.29 is 14.6 Å². The molecule has 1 heterocycles. The summed E-state index contributed by atoms with van der Waals surface area (Å²) in [6, 6.07) is 5.27. The van der Waals surface area contributed by atoms with Gasteiger partial charge in [-0.05, 0) is 44.1 Å². The van der Waals surface area contributed by atoms with Gasteiger partial charge < -0.3 is 15.2 Å². The van der Waals surface area contributed by atoms with Crippen LogP contribution in [0.5, 0.6) is 5.75 Å². The van der Waals surface area contributed by atoms with Gasteiger partial charge in [-0.15, -0.1) is 6.42 Å². The van der Waals surface area contributed by atoms with Gasteiger partial charge in [-0.1, -0.05) is 5.92 Å². The van der Waals surface area contributed by atoms with E-state index in [0.29, 0.717) is 23.5 Å². The molecule has 2 rings (SSSR count). The number of terminal acetylenes is 1. The highest BCUT2D eigenvalue weighted by atomic mass is 16.5. The van der Waals surface area contributed by atoms with E-state index in [9.17, 15) is 9.90 Å². The Morgan fingerprint density at radius 2 is 2.23 bits per heavy atom. The number of ether oxygens (including phenoxy) is 1. The maximum Gasteiger partial charge on any atom is 0.227 e. The summed E-state index contributed by atoms with van der Waals surface area (Å²) in [4.78, 5) is 14.5. The second-order valence-electron chi connectivity index (χ2n) is 5.43. The lowest BCUT2D eigenvalue weighted by Crippen LogP contribution is -2.38. The number of anilines is 1. The first-order valence-electron chi connectivity index (χ1n) is 7.42. The maximum absolute atomic E-state index is 12.3. The minimum Gasteiger partial charge on any atom is -0.496 e.